The second kappa shape index (κ2) is 5.88. The van der Waals surface area contributed by atoms with E-state index in [1.807, 2.05) is 60.7 Å². The maximum absolute atomic E-state index is 12.4. The lowest BCUT2D eigenvalue weighted by Crippen LogP contribution is -2.40. The smallest absolute Gasteiger partial charge is 0.197 e. The molecule has 1 N–H and O–H groups in total. The van der Waals surface area contributed by atoms with E-state index in [1.54, 1.807) is 13.8 Å². The molecule has 104 valence electrons. The summed E-state index contributed by atoms with van der Waals surface area (Å²) in [6.45, 7) is 3.47. The first kappa shape index (κ1) is 14.3. The lowest BCUT2D eigenvalue weighted by molar-refractivity contribution is -0.551. The second-order valence-electron chi connectivity index (χ2n) is 5.33. The van der Waals surface area contributed by atoms with E-state index >= 15 is 0 Å². The minimum absolute atomic E-state index is 0.736. The van der Waals surface area contributed by atoms with E-state index in [-0.39, 0.29) is 0 Å². The minimum Gasteiger partial charge on any atom is -0.623 e. The maximum atomic E-state index is 12.4. The summed E-state index contributed by atoms with van der Waals surface area (Å²) in [5, 5.41) is 22.8. The molecule has 3 nitrogen and oxygen atoms in total. The fourth-order valence-corrected chi connectivity index (χ4v) is 2.00. The van der Waals surface area contributed by atoms with Crippen LogP contribution < -0.4 is 0 Å². The van der Waals surface area contributed by atoms with Crippen molar-refractivity contribution < 1.29 is 9.85 Å². The van der Waals surface area contributed by atoms with E-state index in [9.17, 15) is 10.3 Å². The number of nitrogens with zero attached hydrogens (tertiary/aromatic N) is 1. The van der Waals surface area contributed by atoms with Crippen molar-refractivity contribution in [2.45, 2.75) is 25.5 Å². The first-order chi connectivity index (χ1) is 9.51. The Morgan fingerprint density at radius 3 is 2.05 bits per heavy atom. The van der Waals surface area contributed by atoms with E-state index in [1.165, 1.54) is 6.21 Å². The lowest BCUT2D eigenvalue weighted by Gasteiger charge is -2.29. The van der Waals surface area contributed by atoms with E-state index in [4.69, 9.17) is 0 Å². The predicted molar refractivity (Wildman–Crippen MR) is 80.7 cm³/mol. The van der Waals surface area contributed by atoms with Gasteiger partial charge >= 0.3 is 0 Å². The number of hydroxylamine groups is 1. The Kier molecular flexibility index (Phi) is 4.20. The summed E-state index contributed by atoms with van der Waals surface area (Å²) in [5.74, 6) is 0. The zero-order valence-electron chi connectivity index (χ0n) is 11.7. The Hall–Kier alpha value is -2.13. The molecule has 1 atom stereocenters. The van der Waals surface area contributed by atoms with Crippen molar-refractivity contribution in [3.05, 3.63) is 77.0 Å². The first-order valence-electron chi connectivity index (χ1n) is 6.61. The second-order valence-corrected chi connectivity index (χ2v) is 5.33. The molecule has 2 rings (SSSR count). The van der Waals surface area contributed by atoms with Gasteiger partial charge in [0.05, 0.1) is 0 Å². The van der Waals surface area contributed by atoms with Crippen LogP contribution in [0.3, 0.4) is 0 Å². The summed E-state index contributed by atoms with van der Waals surface area (Å²) in [7, 11) is 0. The zero-order chi connectivity index (χ0) is 14.6. The third kappa shape index (κ3) is 3.06. The Morgan fingerprint density at radius 1 is 1.00 bits per heavy atom. The van der Waals surface area contributed by atoms with Gasteiger partial charge in [-0.05, 0) is 17.7 Å². The van der Waals surface area contributed by atoms with Gasteiger partial charge in [0.2, 0.25) is 0 Å². The van der Waals surface area contributed by atoms with Crippen LogP contribution in [-0.2, 0) is 0 Å². The summed E-state index contributed by atoms with van der Waals surface area (Å²) in [6.07, 6.45) is 0.646. The Labute approximate surface area is 119 Å². The number of hydrogen-bond donors (Lipinski definition) is 1. The molecule has 2 aromatic rings. The van der Waals surface area contributed by atoms with Crippen LogP contribution in [0.1, 0.15) is 31.1 Å². The topological polar surface area (TPSA) is 46.3 Å². The monoisotopic (exact) mass is 269 g/mol. The molecule has 0 radical (unpaired) electrons. The molecule has 0 aliphatic rings. The Bertz CT molecular complexity index is 576. The van der Waals surface area contributed by atoms with Gasteiger partial charge in [0.25, 0.3) is 0 Å². The molecule has 0 aliphatic carbocycles. The summed E-state index contributed by atoms with van der Waals surface area (Å²) < 4.78 is 0.819. The third-order valence-corrected chi connectivity index (χ3v) is 3.42. The molecule has 0 aliphatic heterocycles. The van der Waals surface area contributed by atoms with E-state index in [0.717, 1.165) is 15.9 Å². The Balaban J connectivity index is 2.28. The van der Waals surface area contributed by atoms with Crippen LogP contribution in [-0.4, -0.2) is 21.6 Å². The summed E-state index contributed by atoms with van der Waals surface area (Å²) in [6, 6.07) is 18.6. The van der Waals surface area contributed by atoms with Crippen LogP contribution >= 0.6 is 0 Å². The Morgan fingerprint density at radius 2 is 1.50 bits per heavy atom. The van der Waals surface area contributed by atoms with E-state index in [2.05, 4.69) is 0 Å². The number of hydrogen-bond acceptors (Lipinski definition) is 2. The fourth-order valence-electron chi connectivity index (χ4n) is 2.00. The van der Waals surface area contributed by atoms with Gasteiger partial charge in [-0.15, -0.1) is 0 Å². The molecule has 0 heterocycles. The molecule has 20 heavy (non-hydrogen) atoms. The highest BCUT2D eigenvalue weighted by atomic mass is 16.5. The third-order valence-electron chi connectivity index (χ3n) is 3.42. The van der Waals surface area contributed by atoms with Crippen LogP contribution in [0.2, 0.25) is 0 Å². The standard InChI is InChI=1S/C17H19NO2/c1-17(2,16(19)15-11-7-4-8-12-15)18(20)13-14-9-5-3-6-10-14/h3-13,16,19H,1-2H3/b18-13+. The highest BCUT2D eigenvalue weighted by Crippen LogP contribution is 2.28. The van der Waals surface area contributed by atoms with E-state index < -0.39 is 11.6 Å². The van der Waals surface area contributed by atoms with Gasteiger partial charge in [-0.25, -0.2) is 4.74 Å². The molecule has 1 unspecified atom stereocenters. The molecule has 2 aromatic carbocycles. The number of aliphatic hydroxyl groups is 1. The van der Waals surface area contributed by atoms with Crippen molar-refractivity contribution >= 4 is 6.21 Å². The van der Waals surface area contributed by atoms with Gasteiger partial charge in [0, 0.05) is 19.4 Å². The molecule has 0 fully saturated rings. The average Bonchev–Trinajstić information content (AvgIpc) is 2.48. The van der Waals surface area contributed by atoms with Crippen LogP contribution in [0.5, 0.6) is 0 Å². The van der Waals surface area contributed by atoms with Gasteiger partial charge in [-0.3, -0.25) is 0 Å². The molecule has 0 saturated carbocycles. The maximum Gasteiger partial charge on any atom is 0.197 e. The normalized spacial score (nSPS) is 14.1. The van der Waals surface area contributed by atoms with Crippen molar-refractivity contribution in [1.82, 2.24) is 0 Å². The van der Waals surface area contributed by atoms with Crippen molar-refractivity contribution in [3.63, 3.8) is 0 Å². The summed E-state index contributed by atoms with van der Waals surface area (Å²) >= 11 is 0. The van der Waals surface area contributed by atoms with Gasteiger partial charge in [0.1, 0.15) is 6.10 Å². The highest BCUT2D eigenvalue weighted by molar-refractivity contribution is 5.75. The largest absolute Gasteiger partial charge is 0.623 e. The number of rotatable bonds is 4. The molecule has 0 spiro atoms. The minimum atomic E-state index is -0.947. The SMILES string of the molecule is CC(C)(C(O)c1ccccc1)/[N+]([O-])=C\c1ccccc1. The van der Waals surface area contributed by atoms with E-state index in [0.29, 0.717) is 0 Å². The zero-order valence-corrected chi connectivity index (χ0v) is 11.7. The van der Waals surface area contributed by atoms with Crippen LogP contribution in [0.25, 0.3) is 0 Å². The molecule has 3 heteroatoms. The van der Waals surface area contributed by atoms with Gasteiger partial charge in [-0.1, -0.05) is 48.5 Å². The summed E-state index contributed by atoms with van der Waals surface area (Å²) in [4.78, 5) is 0. The van der Waals surface area contributed by atoms with Gasteiger partial charge in [0.15, 0.2) is 11.8 Å². The molecular weight excluding hydrogens is 250 g/mol. The van der Waals surface area contributed by atoms with Crippen molar-refractivity contribution in [1.29, 1.82) is 0 Å². The van der Waals surface area contributed by atoms with Crippen molar-refractivity contribution in [3.8, 4) is 0 Å². The summed E-state index contributed by atoms with van der Waals surface area (Å²) in [5.41, 5.74) is 0.604. The lowest BCUT2D eigenvalue weighted by atomic mass is 9.91. The molecule has 0 bridgehead atoms. The van der Waals surface area contributed by atoms with Crippen molar-refractivity contribution in [2.24, 2.45) is 0 Å². The van der Waals surface area contributed by atoms with Crippen LogP contribution in [0.15, 0.2) is 60.7 Å². The van der Waals surface area contributed by atoms with Gasteiger partial charge in [-0.2, -0.15) is 0 Å². The quantitative estimate of drug-likeness (QED) is 0.401. The molecule has 0 saturated heterocycles. The fraction of sp³-hybridized carbons (Fsp3) is 0.235. The first-order valence-corrected chi connectivity index (χ1v) is 6.61. The van der Waals surface area contributed by atoms with Crippen LogP contribution in [0, 0.1) is 5.21 Å². The molecule has 0 aromatic heterocycles. The highest BCUT2D eigenvalue weighted by Gasteiger charge is 2.36. The molecule has 0 amide bonds. The van der Waals surface area contributed by atoms with Gasteiger partial charge < -0.3 is 10.3 Å². The van der Waals surface area contributed by atoms with Crippen molar-refractivity contribution in [2.75, 3.05) is 0 Å². The predicted octanol–water partition coefficient (Wildman–Crippen LogP) is 3.13. The number of benzene rings is 2. The molecular formula is C17H19NO2. The number of aliphatic hydroxyl groups excluding tert-OH is 1. The van der Waals surface area contributed by atoms with Crippen LogP contribution in [0.4, 0.5) is 0 Å². The average molecular weight is 269 g/mol.